The number of hydrogen-bond acceptors (Lipinski definition) is 2. The summed E-state index contributed by atoms with van der Waals surface area (Å²) in [6.07, 6.45) is 0. The normalized spacial score (nSPS) is 10.2. The molecule has 0 heterocycles. The van der Waals surface area contributed by atoms with Gasteiger partial charge in [-0.05, 0) is 30.3 Å². The molecule has 0 radical (unpaired) electrons. The molecule has 0 bridgehead atoms. The van der Waals surface area contributed by atoms with Crippen molar-refractivity contribution in [2.24, 2.45) is 0 Å². The van der Waals surface area contributed by atoms with Gasteiger partial charge in [-0.15, -0.1) is 0 Å². The highest BCUT2D eigenvalue weighted by Crippen LogP contribution is 2.23. The number of benzene rings is 2. The molecule has 0 aliphatic heterocycles. The first kappa shape index (κ1) is 15.0. The molecule has 2 aromatic carbocycles. The first-order chi connectivity index (χ1) is 9.49. The van der Waals surface area contributed by atoms with Crippen LogP contribution in [0.2, 0.25) is 0 Å². The lowest BCUT2D eigenvalue weighted by Gasteiger charge is -2.08. The molecule has 2 rings (SSSR count). The van der Waals surface area contributed by atoms with E-state index < -0.39 is 5.82 Å². The lowest BCUT2D eigenvalue weighted by molar-refractivity contribution is 0.102. The largest absolute Gasteiger partial charge is 0.494 e. The van der Waals surface area contributed by atoms with Gasteiger partial charge >= 0.3 is 0 Å². The number of ether oxygens (including phenoxy) is 1. The minimum atomic E-state index is -0.476. The molecule has 0 aromatic heterocycles. The quantitative estimate of drug-likeness (QED) is 0.813. The van der Waals surface area contributed by atoms with Crippen LogP contribution in [-0.2, 0) is 0 Å². The van der Waals surface area contributed by atoms with E-state index in [2.05, 4.69) is 37.2 Å². The Kier molecular flexibility index (Phi) is 4.77. The Bertz CT molecular complexity index is 641. The van der Waals surface area contributed by atoms with Gasteiger partial charge in [0, 0.05) is 26.3 Å². The third-order valence-corrected chi connectivity index (χ3v) is 3.45. The second kappa shape index (κ2) is 6.37. The first-order valence-electron chi connectivity index (χ1n) is 5.60. The summed E-state index contributed by atoms with van der Waals surface area (Å²) in [5.74, 6) is -0.686. The summed E-state index contributed by atoms with van der Waals surface area (Å²) in [6, 6.07) is 9.37. The molecule has 2 aromatic rings. The Labute approximate surface area is 132 Å². The highest BCUT2D eigenvalue weighted by atomic mass is 79.9. The number of hydrogen-bond donors (Lipinski definition) is 1. The van der Waals surface area contributed by atoms with Crippen molar-refractivity contribution in [2.75, 3.05) is 12.4 Å². The lowest BCUT2D eigenvalue weighted by Crippen LogP contribution is -2.12. The van der Waals surface area contributed by atoms with Gasteiger partial charge in [0.25, 0.3) is 5.91 Å². The van der Waals surface area contributed by atoms with Crippen LogP contribution in [0.15, 0.2) is 45.3 Å². The number of carbonyl (C=O) groups excluding carboxylic acids is 1. The fourth-order valence-electron chi connectivity index (χ4n) is 1.63. The maximum Gasteiger partial charge on any atom is 0.255 e. The third-order valence-electron chi connectivity index (χ3n) is 2.53. The SMILES string of the molecule is COc1cc(NC(=O)c2cc(Br)cc(Br)c2)ccc1F. The topological polar surface area (TPSA) is 38.3 Å². The Hall–Kier alpha value is -1.40. The summed E-state index contributed by atoms with van der Waals surface area (Å²) in [4.78, 5) is 12.1. The summed E-state index contributed by atoms with van der Waals surface area (Å²) < 4.78 is 19.7. The molecule has 0 atom stereocenters. The van der Waals surface area contributed by atoms with Gasteiger partial charge in [-0.3, -0.25) is 4.79 Å². The number of methoxy groups -OCH3 is 1. The zero-order chi connectivity index (χ0) is 14.7. The predicted molar refractivity (Wildman–Crippen MR) is 82.7 cm³/mol. The monoisotopic (exact) mass is 401 g/mol. The highest BCUT2D eigenvalue weighted by Gasteiger charge is 2.10. The summed E-state index contributed by atoms with van der Waals surface area (Å²) in [6.45, 7) is 0. The molecule has 0 unspecified atom stereocenters. The standard InChI is InChI=1S/C14H10Br2FNO2/c1-20-13-7-11(2-3-12(13)17)18-14(19)8-4-9(15)6-10(16)5-8/h2-7H,1H3,(H,18,19). The van der Waals surface area contributed by atoms with Gasteiger partial charge in [-0.25, -0.2) is 4.39 Å². The maximum absolute atomic E-state index is 13.3. The maximum atomic E-state index is 13.3. The summed E-state index contributed by atoms with van der Waals surface area (Å²) in [5.41, 5.74) is 0.943. The average molecular weight is 403 g/mol. The fraction of sp³-hybridized carbons (Fsp3) is 0.0714. The molecule has 0 aliphatic rings. The van der Waals surface area contributed by atoms with E-state index in [1.807, 2.05) is 6.07 Å². The van der Waals surface area contributed by atoms with E-state index in [1.54, 1.807) is 12.1 Å². The van der Waals surface area contributed by atoms with Crippen molar-refractivity contribution in [3.63, 3.8) is 0 Å². The zero-order valence-corrected chi connectivity index (χ0v) is 13.6. The number of carbonyl (C=O) groups is 1. The number of nitrogens with one attached hydrogen (secondary N) is 1. The number of amides is 1. The molecule has 20 heavy (non-hydrogen) atoms. The molecule has 0 saturated heterocycles. The van der Waals surface area contributed by atoms with Crippen molar-refractivity contribution in [3.05, 3.63) is 56.7 Å². The van der Waals surface area contributed by atoms with Gasteiger partial charge < -0.3 is 10.1 Å². The summed E-state index contributed by atoms with van der Waals surface area (Å²) in [5, 5.41) is 2.69. The van der Waals surface area contributed by atoms with Gasteiger partial charge in [0.2, 0.25) is 0 Å². The molecule has 0 fully saturated rings. The van der Waals surface area contributed by atoms with E-state index in [-0.39, 0.29) is 11.7 Å². The van der Waals surface area contributed by atoms with E-state index in [1.165, 1.54) is 25.3 Å². The Morgan fingerprint density at radius 3 is 2.40 bits per heavy atom. The van der Waals surface area contributed by atoms with Gasteiger partial charge in [0.1, 0.15) is 0 Å². The lowest BCUT2D eigenvalue weighted by atomic mass is 10.2. The zero-order valence-electron chi connectivity index (χ0n) is 10.4. The first-order valence-corrected chi connectivity index (χ1v) is 7.19. The second-order valence-electron chi connectivity index (χ2n) is 3.96. The van der Waals surface area contributed by atoms with Crippen LogP contribution in [0.3, 0.4) is 0 Å². The Balaban J connectivity index is 2.23. The van der Waals surface area contributed by atoms with E-state index >= 15 is 0 Å². The predicted octanol–water partition coefficient (Wildman–Crippen LogP) is 4.61. The molecule has 0 spiro atoms. The van der Waals surface area contributed by atoms with Gasteiger partial charge in [-0.1, -0.05) is 31.9 Å². The molecule has 104 valence electrons. The van der Waals surface area contributed by atoms with Gasteiger partial charge in [0.05, 0.1) is 7.11 Å². The van der Waals surface area contributed by atoms with Crippen LogP contribution in [0, 0.1) is 5.82 Å². The van der Waals surface area contributed by atoms with Crippen LogP contribution in [-0.4, -0.2) is 13.0 Å². The van der Waals surface area contributed by atoms with Crippen LogP contribution in [0.25, 0.3) is 0 Å². The summed E-state index contributed by atoms with van der Waals surface area (Å²) >= 11 is 6.64. The molecule has 0 saturated carbocycles. The van der Waals surface area contributed by atoms with Crippen LogP contribution in [0.4, 0.5) is 10.1 Å². The molecule has 0 aliphatic carbocycles. The van der Waals surface area contributed by atoms with Gasteiger partial charge in [-0.2, -0.15) is 0 Å². The smallest absolute Gasteiger partial charge is 0.255 e. The van der Waals surface area contributed by atoms with E-state index in [0.717, 1.165) is 8.95 Å². The van der Waals surface area contributed by atoms with Crippen molar-refractivity contribution in [1.82, 2.24) is 0 Å². The number of halogens is 3. The van der Waals surface area contributed by atoms with Crippen LogP contribution in [0.5, 0.6) is 5.75 Å². The number of anilines is 1. The van der Waals surface area contributed by atoms with Crippen molar-refractivity contribution < 1.29 is 13.9 Å². The van der Waals surface area contributed by atoms with Crippen LogP contribution in [0.1, 0.15) is 10.4 Å². The van der Waals surface area contributed by atoms with E-state index in [9.17, 15) is 9.18 Å². The molecular formula is C14H10Br2FNO2. The van der Waals surface area contributed by atoms with Crippen LogP contribution < -0.4 is 10.1 Å². The van der Waals surface area contributed by atoms with E-state index in [0.29, 0.717) is 11.3 Å². The van der Waals surface area contributed by atoms with Gasteiger partial charge in [0.15, 0.2) is 11.6 Å². The summed E-state index contributed by atoms with van der Waals surface area (Å²) in [7, 11) is 1.37. The van der Waals surface area contributed by atoms with E-state index in [4.69, 9.17) is 4.74 Å². The fourth-order valence-corrected chi connectivity index (χ4v) is 2.92. The average Bonchev–Trinajstić information content (AvgIpc) is 2.39. The molecular weight excluding hydrogens is 393 g/mol. The van der Waals surface area contributed by atoms with Crippen molar-refractivity contribution in [2.45, 2.75) is 0 Å². The highest BCUT2D eigenvalue weighted by molar-refractivity contribution is 9.11. The number of rotatable bonds is 3. The van der Waals surface area contributed by atoms with Crippen molar-refractivity contribution in [3.8, 4) is 5.75 Å². The Morgan fingerprint density at radius 2 is 1.80 bits per heavy atom. The van der Waals surface area contributed by atoms with Crippen molar-refractivity contribution >= 4 is 43.5 Å². The molecule has 3 nitrogen and oxygen atoms in total. The van der Waals surface area contributed by atoms with Crippen LogP contribution >= 0.6 is 31.9 Å². The molecule has 6 heteroatoms. The third kappa shape index (κ3) is 3.58. The Morgan fingerprint density at radius 1 is 1.15 bits per heavy atom. The minimum absolute atomic E-state index is 0.0817. The van der Waals surface area contributed by atoms with Crippen molar-refractivity contribution in [1.29, 1.82) is 0 Å². The molecule has 1 N–H and O–H groups in total. The minimum Gasteiger partial charge on any atom is -0.494 e. The second-order valence-corrected chi connectivity index (χ2v) is 5.79. The molecule has 1 amide bonds.